The van der Waals surface area contributed by atoms with Gasteiger partial charge in [0.1, 0.15) is 11.3 Å². The Hall–Kier alpha value is -3.69. The Morgan fingerprint density at radius 2 is 1.91 bits per heavy atom. The van der Waals surface area contributed by atoms with Crippen molar-refractivity contribution in [3.8, 4) is 5.88 Å². The van der Waals surface area contributed by atoms with Crippen LogP contribution in [0.15, 0.2) is 36.8 Å². The van der Waals surface area contributed by atoms with Crippen LogP contribution >= 0.6 is 0 Å². The lowest BCUT2D eigenvalue weighted by Crippen LogP contribution is -2.29. The van der Waals surface area contributed by atoms with Gasteiger partial charge in [-0.3, -0.25) is 4.90 Å². The third kappa shape index (κ3) is 4.96. The molecule has 3 N–H and O–H groups in total. The van der Waals surface area contributed by atoms with Crippen LogP contribution in [0.1, 0.15) is 25.7 Å². The second-order valence-corrected chi connectivity index (χ2v) is 7.94. The maximum atomic E-state index is 11.6. The summed E-state index contributed by atoms with van der Waals surface area (Å²) in [5.41, 5.74) is 1.08. The van der Waals surface area contributed by atoms with E-state index < -0.39 is 6.09 Å². The van der Waals surface area contributed by atoms with Crippen molar-refractivity contribution in [1.29, 1.82) is 0 Å². The first-order chi connectivity index (χ1) is 15.5. The van der Waals surface area contributed by atoms with Gasteiger partial charge in [0, 0.05) is 31.2 Å². The summed E-state index contributed by atoms with van der Waals surface area (Å²) < 4.78 is 4.69. The number of ether oxygens (including phenoxy) is 1. The Kier molecular flexibility index (Phi) is 6.48. The van der Waals surface area contributed by atoms with Gasteiger partial charge >= 0.3 is 6.09 Å². The zero-order valence-corrected chi connectivity index (χ0v) is 18.2. The van der Waals surface area contributed by atoms with E-state index in [0.29, 0.717) is 29.1 Å². The lowest BCUT2D eigenvalue weighted by atomic mass is 9.86. The molecule has 1 aliphatic carbocycles. The normalized spacial score (nSPS) is 18.2. The standard InChI is InChI=1S/C22H27N7O3/c1-29(22(31)32-2)17-12-25-21(26-13-17)24-11-14-3-6-16(7-4-14)27-18-8-5-15-9-10-23-20(30)19(15)28-18/h5,8-10,12-14,16H,3-4,6-7,11H2,1-2H3,(H,23,30)(H,27,28)(H,24,25,26)/t14-,16-. The van der Waals surface area contributed by atoms with Crippen LogP contribution in [0, 0.1) is 5.92 Å². The molecule has 0 radical (unpaired) electrons. The van der Waals surface area contributed by atoms with E-state index in [1.807, 2.05) is 18.2 Å². The number of nitrogens with one attached hydrogen (secondary N) is 2. The zero-order valence-electron chi connectivity index (χ0n) is 18.2. The first-order valence-corrected chi connectivity index (χ1v) is 10.6. The predicted molar refractivity (Wildman–Crippen MR) is 122 cm³/mol. The van der Waals surface area contributed by atoms with E-state index in [1.165, 1.54) is 12.0 Å². The summed E-state index contributed by atoms with van der Waals surface area (Å²) >= 11 is 0. The molecule has 1 fully saturated rings. The van der Waals surface area contributed by atoms with Crippen LogP contribution in [0.4, 0.5) is 22.2 Å². The number of nitrogens with zero attached hydrogens (tertiary/aromatic N) is 5. The summed E-state index contributed by atoms with van der Waals surface area (Å²) in [4.78, 5) is 29.9. The number of rotatable bonds is 6. The van der Waals surface area contributed by atoms with Gasteiger partial charge in [0.25, 0.3) is 0 Å². The van der Waals surface area contributed by atoms with Gasteiger partial charge in [-0.15, -0.1) is 0 Å². The minimum absolute atomic E-state index is 0.0480. The number of amides is 1. The van der Waals surface area contributed by atoms with E-state index in [2.05, 4.69) is 35.3 Å². The highest BCUT2D eigenvalue weighted by Gasteiger charge is 2.22. The minimum atomic E-state index is -0.466. The number of pyridine rings is 2. The molecule has 0 saturated heterocycles. The van der Waals surface area contributed by atoms with Crippen molar-refractivity contribution in [2.75, 3.05) is 36.2 Å². The largest absolute Gasteiger partial charge is 0.492 e. The Bertz CT molecular complexity index is 1070. The highest BCUT2D eigenvalue weighted by molar-refractivity contribution is 5.86. The van der Waals surface area contributed by atoms with E-state index in [-0.39, 0.29) is 5.88 Å². The van der Waals surface area contributed by atoms with Crippen molar-refractivity contribution in [2.45, 2.75) is 31.7 Å². The third-order valence-corrected chi connectivity index (χ3v) is 5.81. The zero-order chi connectivity index (χ0) is 22.5. The van der Waals surface area contributed by atoms with Gasteiger partial charge < -0.3 is 20.5 Å². The van der Waals surface area contributed by atoms with Crippen molar-refractivity contribution in [3.05, 3.63) is 36.8 Å². The van der Waals surface area contributed by atoms with Crippen LogP contribution in [0.25, 0.3) is 10.9 Å². The molecule has 1 amide bonds. The van der Waals surface area contributed by atoms with Gasteiger partial charge in [-0.25, -0.2) is 24.7 Å². The van der Waals surface area contributed by atoms with Crippen molar-refractivity contribution in [1.82, 2.24) is 19.9 Å². The van der Waals surface area contributed by atoms with Crippen LogP contribution in [0.2, 0.25) is 0 Å². The lowest BCUT2D eigenvalue weighted by molar-refractivity contribution is 0.180. The molecule has 32 heavy (non-hydrogen) atoms. The van der Waals surface area contributed by atoms with Gasteiger partial charge in [-0.05, 0) is 49.8 Å². The monoisotopic (exact) mass is 437 g/mol. The predicted octanol–water partition coefficient (Wildman–Crippen LogP) is 3.41. The molecule has 0 atom stereocenters. The number of hydrogen-bond acceptors (Lipinski definition) is 9. The van der Waals surface area contributed by atoms with Crippen LogP contribution in [0.5, 0.6) is 5.88 Å². The van der Waals surface area contributed by atoms with Crippen molar-refractivity contribution >= 4 is 34.4 Å². The fraction of sp³-hybridized carbons (Fsp3) is 0.409. The third-order valence-electron chi connectivity index (χ3n) is 5.81. The number of aromatic hydroxyl groups is 1. The first-order valence-electron chi connectivity index (χ1n) is 10.6. The van der Waals surface area contributed by atoms with E-state index in [4.69, 9.17) is 0 Å². The van der Waals surface area contributed by atoms with Crippen molar-refractivity contribution in [3.63, 3.8) is 0 Å². The van der Waals surface area contributed by atoms with Crippen molar-refractivity contribution < 1.29 is 14.6 Å². The number of methoxy groups -OCH3 is 1. The number of carbonyl (C=O) groups excluding carboxylic acids is 1. The van der Waals surface area contributed by atoms with Crippen LogP contribution < -0.4 is 15.5 Å². The van der Waals surface area contributed by atoms with Gasteiger partial charge in [0.2, 0.25) is 11.8 Å². The Morgan fingerprint density at radius 1 is 1.16 bits per heavy atom. The summed E-state index contributed by atoms with van der Waals surface area (Å²) in [6.45, 7) is 0.798. The second-order valence-electron chi connectivity index (χ2n) is 7.94. The molecule has 10 nitrogen and oxygen atoms in total. The number of fused-ring (bicyclic) bond motifs is 1. The minimum Gasteiger partial charge on any atom is -0.492 e. The van der Waals surface area contributed by atoms with Gasteiger partial charge in [-0.1, -0.05) is 0 Å². The molecule has 3 aromatic heterocycles. The molecule has 0 aromatic carbocycles. The van der Waals surface area contributed by atoms with E-state index in [1.54, 1.807) is 25.6 Å². The first kappa shape index (κ1) is 21.5. The molecule has 168 valence electrons. The summed E-state index contributed by atoms with van der Waals surface area (Å²) in [6, 6.07) is 6.06. The Balaban J connectivity index is 1.25. The van der Waals surface area contributed by atoms with E-state index in [9.17, 15) is 9.90 Å². The number of hydrogen-bond donors (Lipinski definition) is 3. The topological polar surface area (TPSA) is 125 Å². The van der Waals surface area contributed by atoms with E-state index in [0.717, 1.165) is 43.4 Å². The maximum Gasteiger partial charge on any atom is 0.413 e. The average molecular weight is 438 g/mol. The lowest BCUT2D eigenvalue weighted by Gasteiger charge is -2.29. The van der Waals surface area contributed by atoms with E-state index >= 15 is 0 Å². The summed E-state index contributed by atoms with van der Waals surface area (Å²) in [6.07, 6.45) is 8.52. The quantitative estimate of drug-likeness (QED) is 0.532. The average Bonchev–Trinajstić information content (AvgIpc) is 2.83. The van der Waals surface area contributed by atoms with Crippen LogP contribution in [0.3, 0.4) is 0 Å². The SMILES string of the molecule is COC(=O)N(C)c1cnc(NC[C@H]2CC[C@H](Nc3ccc4ccnc(O)c4n3)CC2)nc1. The number of aromatic nitrogens is 4. The molecule has 3 heterocycles. The smallest absolute Gasteiger partial charge is 0.413 e. The molecule has 0 aliphatic heterocycles. The molecule has 1 saturated carbocycles. The van der Waals surface area contributed by atoms with Gasteiger partial charge in [0.05, 0.1) is 25.2 Å². The Morgan fingerprint density at radius 3 is 2.62 bits per heavy atom. The van der Waals surface area contributed by atoms with Crippen LogP contribution in [-0.4, -0.2) is 57.9 Å². The van der Waals surface area contributed by atoms with Crippen molar-refractivity contribution in [2.24, 2.45) is 5.92 Å². The fourth-order valence-electron chi connectivity index (χ4n) is 3.90. The van der Waals surface area contributed by atoms with Gasteiger partial charge in [-0.2, -0.15) is 0 Å². The molecule has 4 rings (SSSR count). The highest BCUT2D eigenvalue weighted by Crippen LogP contribution is 2.28. The maximum absolute atomic E-state index is 11.6. The fourth-order valence-corrected chi connectivity index (χ4v) is 3.90. The molecular formula is C22H27N7O3. The molecule has 3 aromatic rings. The second kappa shape index (κ2) is 9.63. The molecule has 0 spiro atoms. The van der Waals surface area contributed by atoms with Crippen LogP contribution in [-0.2, 0) is 4.74 Å². The highest BCUT2D eigenvalue weighted by atomic mass is 16.5. The molecule has 10 heteroatoms. The number of carbonyl (C=O) groups is 1. The summed E-state index contributed by atoms with van der Waals surface area (Å²) in [5, 5.41) is 17.6. The van der Waals surface area contributed by atoms with Gasteiger partial charge in [0.15, 0.2) is 0 Å². The summed E-state index contributed by atoms with van der Waals surface area (Å²) in [7, 11) is 2.94. The molecule has 0 unspecified atom stereocenters. The summed E-state index contributed by atoms with van der Waals surface area (Å²) in [5.74, 6) is 1.79. The molecular weight excluding hydrogens is 410 g/mol. The Labute approximate surface area is 186 Å². The number of anilines is 3. The molecule has 0 bridgehead atoms. The molecule has 1 aliphatic rings.